The highest BCUT2D eigenvalue weighted by Gasteiger charge is 2.28. The van der Waals surface area contributed by atoms with Crippen molar-refractivity contribution < 1.29 is 9.32 Å². The standard InChI is InChI=1S/C20H23N5O2/c1-3-14-6-8-16(9-7-14)23-19(26)15-5-4-10-25(11-15)18-17-13(2)24-27-20(17)22-12-21-18/h6-9,12,15H,3-5,10-11H2,1-2H3,(H,23,26)/t15-/m1/s1. The molecule has 7 nitrogen and oxygen atoms in total. The molecule has 1 aliphatic heterocycles. The number of benzene rings is 1. The minimum Gasteiger partial charge on any atom is -0.355 e. The third kappa shape index (κ3) is 3.49. The summed E-state index contributed by atoms with van der Waals surface area (Å²) in [6.45, 7) is 5.47. The number of carbonyl (C=O) groups excluding carboxylic acids is 1. The van der Waals surface area contributed by atoms with Gasteiger partial charge in [-0.15, -0.1) is 0 Å². The van der Waals surface area contributed by atoms with Crippen LogP contribution in [0.25, 0.3) is 11.1 Å². The number of hydrogen-bond acceptors (Lipinski definition) is 6. The van der Waals surface area contributed by atoms with Gasteiger partial charge >= 0.3 is 0 Å². The number of amides is 1. The highest BCUT2D eigenvalue weighted by Crippen LogP contribution is 2.29. The first-order valence-corrected chi connectivity index (χ1v) is 9.37. The Bertz CT molecular complexity index is 951. The van der Waals surface area contributed by atoms with Gasteiger partial charge in [0.05, 0.1) is 11.6 Å². The molecule has 0 bridgehead atoms. The van der Waals surface area contributed by atoms with E-state index in [9.17, 15) is 4.79 Å². The van der Waals surface area contributed by atoms with Gasteiger partial charge in [0.2, 0.25) is 5.91 Å². The summed E-state index contributed by atoms with van der Waals surface area (Å²) in [5.74, 6) is 0.759. The number of aryl methyl sites for hydroxylation is 2. The molecule has 1 N–H and O–H groups in total. The largest absolute Gasteiger partial charge is 0.355 e. The van der Waals surface area contributed by atoms with Crippen molar-refractivity contribution in [3.05, 3.63) is 41.9 Å². The number of anilines is 2. The molecule has 0 spiro atoms. The van der Waals surface area contributed by atoms with Gasteiger partial charge in [0.15, 0.2) is 0 Å². The lowest BCUT2D eigenvalue weighted by Gasteiger charge is -2.33. The summed E-state index contributed by atoms with van der Waals surface area (Å²) >= 11 is 0. The predicted octanol–water partition coefficient (Wildman–Crippen LogP) is 3.34. The van der Waals surface area contributed by atoms with Gasteiger partial charge in [0.1, 0.15) is 17.5 Å². The van der Waals surface area contributed by atoms with Gasteiger partial charge in [-0.2, -0.15) is 4.98 Å². The number of nitrogens with one attached hydrogen (secondary N) is 1. The summed E-state index contributed by atoms with van der Waals surface area (Å²) in [6.07, 6.45) is 4.28. The molecular formula is C20H23N5O2. The molecule has 1 fully saturated rings. The summed E-state index contributed by atoms with van der Waals surface area (Å²) in [5.41, 5.74) is 3.35. The van der Waals surface area contributed by atoms with E-state index >= 15 is 0 Å². The number of rotatable bonds is 4. The fourth-order valence-electron chi connectivity index (χ4n) is 3.60. The van der Waals surface area contributed by atoms with Crippen LogP contribution in [-0.4, -0.2) is 34.1 Å². The number of carbonyl (C=O) groups is 1. The van der Waals surface area contributed by atoms with Crippen molar-refractivity contribution >= 4 is 28.5 Å². The smallest absolute Gasteiger partial charge is 0.263 e. The Morgan fingerprint density at radius 1 is 1.30 bits per heavy atom. The molecule has 3 aromatic rings. The van der Waals surface area contributed by atoms with Gasteiger partial charge in [-0.05, 0) is 43.9 Å². The Balaban J connectivity index is 1.50. The zero-order valence-corrected chi connectivity index (χ0v) is 15.6. The second-order valence-electron chi connectivity index (χ2n) is 6.97. The van der Waals surface area contributed by atoms with E-state index in [0.717, 1.165) is 48.4 Å². The van der Waals surface area contributed by atoms with Crippen LogP contribution in [0.5, 0.6) is 0 Å². The number of piperidine rings is 1. The highest BCUT2D eigenvalue weighted by atomic mass is 16.5. The summed E-state index contributed by atoms with van der Waals surface area (Å²) in [7, 11) is 0. The molecule has 0 radical (unpaired) electrons. The van der Waals surface area contributed by atoms with Crippen molar-refractivity contribution in [2.24, 2.45) is 5.92 Å². The van der Waals surface area contributed by atoms with Gasteiger partial charge in [-0.25, -0.2) is 4.98 Å². The molecule has 2 aromatic heterocycles. The highest BCUT2D eigenvalue weighted by molar-refractivity contribution is 5.93. The van der Waals surface area contributed by atoms with E-state index in [1.165, 1.54) is 11.9 Å². The van der Waals surface area contributed by atoms with E-state index in [1.54, 1.807) is 0 Å². The Kier molecular flexibility index (Phi) is 4.75. The molecule has 1 aliphatic rings. The van der Waals surface area contributed by atoms with Gasteiger partial charge in [0.25, 0.3) is 5.71 Å². The quantitative estimate of drug-likeness (QED) is 0.763. The lowest BCUT2D eigenvalue weighted by atomic mass is 9.96. The number of aromatic nitrogens is 3. The van der Waals surface area contributed by atoms with Crippen LogP contribution in [0.15, 0.2) is 35.1 Å². The molecule has 7 heteroatoms. The van der Waals surface area contributed by atoms with E-state index in [0.29, 0.717) is 12.3 Å². The molecule has 1 amide bonds. The molecule has 4 rings (SSSR count). The van der Waals surface area contributed by atoms with Crippen molar-refractivity contribution in [1.29, 1.82) is 0 Å². The second-order valence-corrected chi connectivity index (χ2v) is 6.97. The SMILES string of the molecule is CCc1ccc(NC(=O)[C@@H]2CCCN(c3ncnc4onc(C)c34)C2)cc1. The van der Waals surface area contributed by atoms with E-state index in [1.807, 2.05) is 19.1 Å². The zero-order chi connectivity index (χ0) is 18.8. The minimum absolute atomic E-state index is 0.0521. The topological polar surface area (TPSA) is 84.2 Å². The van der Waals surface area contributed by atoms with E-state index in [4.69, 9.17) is 4.52 Å². The van der Waals surface area contributed by atoms with Crippen molar-refractivity contribution in [2.45, 2.75) is 33.1 Å². The van der Waals surface area contributed by atoms with Crippen LogP contribution in [0.3, 0.4) is 0 Å². The van der Waals surface area contributed by atoms with Crippen LogP contribution in [-0.2, 0) is 11.2 Å². The summed E-state index contributed by atoms with van der Waals surface area (Å²) in [4.78, 5) is 23.5. The molecule has 1 saturated heterocycles. The van der Waals surface area contributed by atoms with Crippen molar-refractivity contribution in [3.8, 4) is 0 Å². The Labute approximate surface area is 157 Å². The normalized spacial score (nSPS) is 17.3. The maximum atomic E-state index is 12.8. The number of nitrogens with zero attached hydrogens (tertiary/aromatic N) is 4. The summed E-state index contributed by atoms with van der Waals surface area (Å²) in [5, 5.41) is 7.87. The van der Waals surface area contributed by atoms with Gasteiger partial charge in [-0.1, -0.05) is 24.2 Å². The molecule has 3 heterocycles. The number of fused-ring (bicyclic) bond motifs is 1. The molecular weight excluding hydrogens is 342 g/mol. The molecule has 140 valence electrons. The monoisotopic (exact) mass is 365 g/mol. The van der Waals surface area contributed by atoms with Crippen LogP contribution < -0.4 is 10.2 Å². The first-order chi connectivity index (χ1) is 13.2. The average molecular weight is 365 g/mol. The first-order valence-electron chi connectivity index (χ1n) is 9.37. The zero-order valence-electron chi connectivity index (χ0n) is 15.6. The summed E-state index contributed by atoms with van der Waals surface area (Å²) < 4.78 is 5.25. The van der Waals surface area contributed by atoms with Gasteiger partial charge in [0, 0.05) is 18.8 Å². The lowest BCUT2D eigenvalue weighted by Crippen LogP contribution is -2.41. The van der Waals surface area contributed by atoms with Crippen molar-refractivity contribution in [1.82, 2.24) is 15.1 Å². The summed E-state index contributed by atoms with van der Waals surface area (Å²) in [6, 6.07) is 8.03. The maximum Gasteiger partial charge on any atom is 0.263 e. The fraction of sp³-hybridized carbons (Fsp3) is 0.400. The van der Waals surface area contributed by atoms with Crippen LogP contribution in [0, 0.1) is 12.8 Å². The van der Waals surface area contributed by atoms with Crippen LogP contribution in [0.1, 0.15) is 31.0 Å². The molecule has 0 aliphatic carbocycles. The van der Waals surface area contributed by atoms with Crippen molar-refractivity contribution in [2.75, 3.05) is 23.3 Å². The molecule has 27 heavy (non-hydrogen) atoms. The third-order valence-corrected chi connectivity index (χ3v) is 5.14. The Morgan fingerprint density at radius 3 is 2.89 bits per heavy atom. The molecule has 1 aromatic carbocycles. The van der Waals surface area contributed by atoms with Gasteiger partial charge < -0.3 is 14.7 Å². The molecule has 1 atom stereocenters. The van der Waals surface area contributed by atoms with Crippen LogP contribution in [0.2, 0.25) is 0 Å². The lowest BCUT2D eigenvalue weighted by molar-refractivity contribution is -0.120. The van der Waals surface area contributed by atoms with Crippen LogP contribution in [0.4, 0.5) is 11.5 Å². The fourth-order valence-corrected chi connectivity index (χ4v) is 3.60. The van der Waals surface area contributed by atoms with E-state index in [2.05, 4.69) is 44.4 Å². The van der Waals surface area contributed by atoms with Crippen LogP contribution >= 0.6 is 0 Å². The number of hydrogen-bond donors (Lipinski definition) is 1. The third-order valence-electron chi connectivity index (χ3n) is 5.14. The van der Waals surface area contributed by atoms with E-state index < -0.39 is 0 Å². The van der Waals surface area contributed by atoms with E-state index in [-0.39, 0.29) is 11.8 Å². The molecule has 0 saturated carbocycles. The average Bonchev–Trinajstić information content (AvgIpc) is 3.10. The Hall–Kier alpha value is -2.96. The maximum absolute atomic E-state index is 12.8. The van der Waals surface area contributed by atoms with Crippen molar-refractivity contribution in [3.63, 3.8) is 0 Å². The molecule has 0 unspecified atom stereocenters. The van der Waals surface area contributed by atoms with Gasteiger partial charge in [-0.3, -0.25) is 4.79 Å². The first kappa shape index (κ1) is 17.5. The Morgan fingerprint density at radius 2 is 2.11 bits per heavy atom. The minimum atomic E-state index is -0.0882. The predicted molar refractivity (Wildman–Crippen MR) is 104 cm³/mol. The second kappa shape index (κ2) is 7.34.